The fraction of sp³-hybridized carbons (Fsp3) is 0.619. The zero-order valence-electron chi connectivity index (χ0n) is 15.7. The third-order valence-electron chi connectivity index (χ3n) is 6.42. The van der Waals surface area contributed by atoms with Crippen LogP contribution in [-0.4, -0.2) is 36.3 Å². The molecule has 0 aromatic heterocycles. The maximum Gasteiger partial charge on any atom is 0.312 e. The van der Waals surface area contributed by atoms with Crippen LogP contribution in [0.15, 0.2) is 24.3 Å². The average molecular weight is 373 g/mol. The number of methoxy groups -OCH3 is 1. The van der Waals surface area contributed by atoms with Crippen molar-refractivity contribution in [2.24, 2.45) is 17.3 Å². The Balaban J connectivity index is 1.29. The summed E-state index contributed by atoms with van der Waals surface area (Å²) in [7, 11) is 1.60. The summed E-state index contributed by atoms with van der Waals surface area (Å²) in [5, 5.41) is 13.5. The first-order chi connectivity index (χ1) is 12.9. The van der Waals surface area contributed by atoms with Crippen molar-refractivity contribution in [3.8, 4) is 5.75 Å². The number of carbonyl (C=O) groups is 2. The molecule has 0 spiro atoms. The number of esters is 1. The first-order valence-electron chi connectivity index (χ1n) is 9.69. The fourth-order valence-corrected chi connectivity index (χ4v) is 5.77. The molecule has 146 valence electrons. The van der Waals surface area contributed by atoms with Crippen LogP contribution in [0.25, 0.3) is 0 Å². The minimum Gasteiger partial charge on any atom is -0.497 e. The summed E-state index contributed by atoms with van der Waals surface area (Å²) in [6.45, 7) is 0.0704. The third-order valence-corrected chi connectivity index (χ3v) is 6.42. The highest BCUT2D eigenvalue weighted by molar-refractivity contribution is 5.83. The van der Waals surface area contributed by atoms with Gasteiger partial charge in [-0.05, 0) is 68.1 Å². The molecule has 1 aromatic carbocycles. The number of nitrogens with one attached hydrogen (secondary N) is 1. The number of rotatable bonds is 6. The van der Waals surface area contributed by atoms with Crippen molar-refractivity contribution >= 4 is 11.9 Å². The molecule has 1 aromatic rings. The zero-order chi connectivity index (χ0) is 19.1. The van der Waals surface area contributed by atoms with E-state index in [1.165, 1.54) is 0 Å². The van der Waals surface area contributed by atoms with Gasteiger partial charge in [-0.25, -0.2) is 0 Å². The van der Waals surface area contributed by atoms with Crippen molar-refractivity contribution in [1.82, 2.24) is 5.32 Å². The molecule has 0 heterocycles. The molecule has 4 aliphatic carbocycles. The Labute approximate surface area is 159 Å². The molecular formula is C21H27NO5. The lowest BCUT2D eigenvalue weighted by Crippen LogP contribution is -2.58. The van der Waals surface area contributed by atoms with Crippen LogP contribution in [0.5, 0.6) is 5.75 Å². The lowest BCUT2D eigenvalue weighted by atomic mass is 9.48. The van der Waals surface area contributed by atoms with E-state index in [1.807, 2.05) is 24.3 Å². The lowest BCUT2D eigenvalue weighted by Gasteiger charge is -2.58. The Morgan fingerprint density at radius 2 is 1.96 bits per heavy atom. The number of hydrogen-bond donors (Lipinski definition) is 2. The van der Waals surface area contributed by atoms with Gasteiger partial charge in [0.25, 0.3) is 5.91 Å². The number of carbonyl (C=O) groups excluding carboxylic acids is 2. The van der Waals surface area contributed by atoms with Gasteiger partial charge in [-0.15, -0.1) is 0 Å². The maximum atomic E-state index is 12.8. The van der Waals surface area contributed by atoms with Gasteiger partial charge in [0.15, 0.2) is 6.61 Å². The molecule has 4 aliphatic rings. The number of hydrogen-bond acceptors (Lipinski definition) is 5. The summed E-state index contributed by atoms with van der Waals surface area (Å²) in [5.74, 6) is 0.908. The highest BCUT2D eigenvalue weighted by atomic mass is 16.5. The Bertz CT molecular complexity index is 732. The van der Waals surface area contributed by atoms with E-state index < -0.39 is 11.0 Å². The second kappa shape index (κ2) is 6.82. The molecular weight excluding hydrogens is 346 g/mol. The van der Waals surface area contributed by atoms with E-state index in [-0.39, 0.29) is 18.5 Å². The molecule has 4 atom stereocenters. The van der Waals surface area contributed by atoms with Gasteiger partial charge in [-0.3, -0.25) is 9.59 Å². The SMILES string of the molecule is COc1cccc(CNC(=O)COC(=O)C23C[C@@H]4C[C@@H](CC(O)(C4)C2)C3)c1. The topological polar surface area (TPSA) is 84.9 Å². The van der Waals surface area contributed by atoms with Crippen LogP contribution in [0.3, 0.4) is 0 Å². The van der Waals surface area contributed by atoms with Crippen LogP contribution >= 0.6 is 0 Å². The average Bonchev–Trinajstić information content (AvgIpc) is 2.62. The smallest absolute Gasteiger partial charge is 0.312 e. The quantitative estimate of drug-likeness (QED) is 0.747. The zero-order valence-corrected chi connectivity index (χ0v) is 15.7. The normalized spacial score (nSPS) is 33.6. The van der Waals surface area contributed by atoms with E-state index in [9.17, 15) is 14.7 Å². The van der Waals surface area contributed by atoms with Crippen LogP contribution in [0.2, 0.25) is 0 Å². The molecule has 2 unspecified atom stereocenters. The molecule has 6 heteroatoms. The van der Waals surface area contributed by atoms with E-state index >= 15 is 0 Å². The predicted octanol–water partition coefficient (Wildman–Crippen LogP) is 2.19. The van der Waals surface area contributed by atoms with Gasteiger partial charge in [-0.2, -0.15) is 0 Å². The first-order valence-corrected chi connectivity index (χ1v) is 9.69. The minimum atomic E-state index is -0.711. The molecule has 6 nitrogen and oxygen atoms in total. The monoisotopic (exact) mass is 373 g/mol. The predicted molar refractivity (Wildman–Crippen MR) is 97.9 cm³/mol. The summed E-state index contributed by atoms with van der Waals surface area (Å²) in [6.07, 6.45) is 4.78. The highest BCUT2D eigenvalue weighted by Gasteiger charge is 2.60. The van der Waals surface area contributed by atoms with Crippen molar-refractivity contribution in [1.29, 1.82) is 0 Å². The van der Waals surface area contributed by atoms with Crippen LogP contribution in [0.1, 0.15) is 44.1 Å². The molecule has 4 fully saturated rings. The van der Waals surface area contributed by atoms with Crippen molar-refractivity contribution < 1.29 is 24.2 Å². The summed E-state index contributed by atoms with van der Waals surface area (Å²) in [6, 6.07) is 7.44. The van der Waals surface area contributed by atoms with E-state index in [4.69, 9.17) is 9.47 Å². The molecule has 4 bridgehead atoms. The Morgan fingerprint density at radius 3 is 2.63 bits per heavy atom. The Morgan fingerprint density at radius 1 is 1.22 bits per heavy atom. The number of amides is 1. The van der Waals surface area contributed by atoms with Crippen molar-refractivity contribution in [2.75, 3.05) is 13.7 Å². The molecule has 4 saturated carbocycles. The number of ether oxygens (including phenoxy) is 2. The van der Waals surface area contributed by atoms with Crippen molar-refractivity contribution in [3.05, 3.63) is 29.8 Å². The molecule has 27 heavy (non-hydrogen) atoms. The third kappa shape index (κ3) is 3.68. The fourth-order valence-electron chi connectivity index (χ4n) is 5.77. The second-order valence-corrected chi connectivity index (χ2v) is 8.67. The van der Waals surface area contributed by atoms with Gasteiger partial charge in [0.1, 0.15) is 5.75 Å². The van der Waals surface area contributed by atoms with Crippen LogP contribution in [0, 0.1) is 17.3 Å². The second-order valence-electron chi connectivity index (χ2n) is 8.67. The van der Waals surface area contributed by atoms with Gasteiger partial charge < -0.3 is 19.9 Å². The van der Waals surface area contributed by atoms with Crippen LogP contribution < -0.4 is 10.1 Å². The van der Waals surface area contributed by atoms with Gasteiger partial charge in [0.2, 0.25) is 0 Å². The van der Waals surface area contributed by atoms with E-state index in [0.717, 1.165) is 43.4 Å². The highest BCUT2D eigenvalue weighted by Crippen LogP contribution is 2.61. The molecule has 0 saturated heterocycles. The Kier molecular flexibility index (Phi) is 4.62. The molecule has 5 rings (SSSR count). The summed E-state index contributed by atoms with van der Waals surface area (Å²) in [4.78, 5) is 24.9. The summed E-state index contributed by atoms with van der Waals surface area (Å²) in [5.41, 5.74) is -0.388. The minimum absolute atomic E-state index is 0.279. The van der Waals surface area contributed by atoms with E-state index in [0.29, 0.717) is 24.8 Å². The van der Waals surface area contributed by atoms with Crippen LogP contribution in [-0.2, 0) is 20.9 Å². The van der Waals surface area contributed by atoms with Crippen molar-refractivity contribution in [3.63, 3.8) is 0 Å². The number of aliphatic hydroxyl groups is 1. The van der Waals surface area contributed by atoms with Crippen molar-refractivity contribution in [2.45, 2.75) is 50.7 Å². The van der Waals surface area contributed by atoms with Crippen LogP contribution in [0.4, 0.5) is 0 Å². The standard InChI is InChI=1S/C21H27NO5/c1-26-17-4-2-3-14(6-17)11-22-18(23)12-27-19(24)20-7-15-5-16(8-20)10-21(25,9-15)13-20/h2-4,6,15-16,25H,5,7-13H2,1H3,(H,22,23)/t15-,16+,20?,21?. The summed E-state index contributed by atoms with van der Waals surface area (Å²) < 4.78 is 10.5. The Hall–Kier alpha value is -2.08. The summed E-state index contributed by atoms with van der Waals surface area (Å²) >= 11 is 0. The molecule has 2 N–H and O–H groups in total. The molecule has 1 amide bonds. The van der Waals surface area contributed by atoms with E-state index in [2.05, 4.69) is 5.32 Å². The molecule has 0 aliphatic heterocycles. The first kappa shape index (κ1) is 18.3. The lowest BCUT2D eigenvalue weighted by molar-refractivity contribution is -0.196. The maximum absolute atomic E-state index is 12.8. The number of benzene rings is 1. The van der Waals surface area contributed by atoms with Gasteiger partial charge in [0.05, 0.1) is 18.1 Å². The van der Waals surface area contributed by atoms with Gasteiger partial charge >= 0.3 is 5.97 Å². The largest absolute Gasteiger partial charge is 0.497 e. The van der Waals surface area contributed by atoms with Gasteiger partial charge in [-0.1, -0.05) is 12.1 Å². The van der Waals surface area contributed by atoms with Gasteiger partial charge in [0, 0.05) is 6.54 Å². The van der Waals surface area contributed by atoms with E-state index in [1.54, 1.807) is 7.11 Å². The molecule has 0 radical (unpaired) electrons.